The minimum atomic E-state index is -0.360. The Morgan fingerprint density at radius 2 is 1.48 bits per heavy atom. The maximum absolute atomic E-state index is 12.8. The monoisotopic (exact) mass is 461 g/mol. The highest BCUT2D eigenvalue weighted by Crippen LogP contribution is 2.39. The zero-order valence-corrected chi connectivity index (χ0v) is 20.8. The van der Waals surface area contributed by atoms with Gasteiger partial charge in [-0.25, -0.2) is 10.4 Å². The molecule has 2 saturated heterocycles. The van der Waals surface area contributed by atoms with Crippen LogP contribution in [-0.2, 0) is 9.53 Å². The van der Waals surface area contributed by atoms with E-state index in [1.807, 2.05) is 6.92 Å². The van der Waals surface area contributed by atoms with E-state index in [1.54, 1.807) is 0 Å². The summed E-state index contributed by atoms with van der Waals surface area (Å²) in [7, 11) is 0. The van der Waals surface area contributed by atoms with Gasteiger partial charge in [-0.3, -0.25) is 15.0 Å². The van der Waals surface area contributed by atoms with E-state index in [9.17, 15) is 4.79 Å². The second kappa shape index (κ2) is 11.3. The number of nitrogens with zero attached hydrogens (tertiary/aromatic N) is 2. The summed E-state index contributed by atoms with van der Waals surface area (Å²) in [5.74, 6) is 2.14. The molecule has 0 amide bonds. The summed E-state index contributed by atoms with van der Waals surface area (Å²) in [6.45, 7) is 4.78. The van der Waals surface area contributed by atoms with E-state index in [1.165, 1.54) is 103 Å². The molecular formula is C26H47N5O2. The number of carbonyl (C=O) groups is 1. The van der Waals surface area contributed by atoms with Crippen LogP contribution in [0.5, 0.6) is 0 Å². The lowest BCUT2D eigenvalue weighted by Crippen LogP contribution is -2.72. The lowest BCUT2D eigenvalue weighted by molar-refractivity contribution is -0.148. The molecule has 188 valence electrons. The lowest BCUT2D eigenvalue weighted by Gasteiger charge is -2.53. The van der Waals surface area contributed by atoms with E-state index in [2.05, 4.69) is 26.2 Å². The van der Waals surface area contributed by atoms with E-state index in [0.717, 1.165) is 11.8 Å². The van der Waals surface area contributed by atoms with Gasteiger partial charge in [-0.2, -0.15) is 5.53 Å². The van der Waals surface area contributed by atoms with Gasteiger partial charge in [0.25, 0.3) is 0 Å². The molecule has 2 aliphatic heterocycles. The summed E-state index contributed by atoms with van der Waals surface area (Å²) >= 11 is 0. The molecule has 0 aromatic heterocycles. The fourth-order valence-electron chi connectivity index (χ4n) is 7.57. The Balaban J connectivity index is 1.37. The molecule has 3 aliphatic carbocycles. The van der Waals surface area contributed by atoms with Gasteiger partial charge in [0.1, 0.15) is 6.17 Å². The van der Waals surface area contributed by atoms with Gasteiger partial charge in [-0.05, 0) is 57.3 Å². The van der Waals surface area contributed by atoms with Crippen molar-refractivity contribution in [2.75, 3.05) is 19.7 Å². The molecule has 2 heterocycles. The van der Waals surface area contributed by atoms with Crippen LogP contribution in [0.3, 0.4) is 0 Å². The molecule has 0 bridgehead atoms. The zero-order valence-electron chi connectivity index (χ0n) is 20.8. The Hall–Kier alpha value is -0.730. The van der Waals surface area contributed by atoms with Gasteiger partial charge in [0.2, 0.25) is 0 Å². The summed E-state index contributed by atoms with van der Waals surface area (Å²) in [4.78, 5) is 15.6. The molecule has 3 N–H and O–H groups in total. The minimum absolute atomic E-state index is 0.0476. The Bertz CT molecular complexity index is 616. The first kappa shape index (κ1) is 24.0. The van der Waals surface area contributed by atoms with Crippen LogP contribution in [0.25, 0.3) is 0 Å². The first-order valence-electron chi connectivity index (χ1n) is 14.2. The number of hydrogen-bond donors (Lipinski definition) is 3. The Morgan fingerprint density at radius 3 is 2.12 bits per heavy atom. The topological polar surface area (TPSA) is 68.9 Å². The van der Waals surface area contributed by atoms with Crippen molar-refractivity contribution in [1.29, 1.82) is 0 Å². The molecule has 7 heteroatoms. The van der Waals surface area contributed by atoms with Crippen molar-refractivity contribution in [1.82, 2.24) is 26.2 Å². The highest BCUT2D eigenvalue weighted by molar-refractivity contribution is 5.77. The highest BCUT2D eigenvalue weighted by atomic mass is 16.5. The number of esters is 1. The summed E-state index contributed by atoms with van der Waals surface area (Å²) in [6, 6.07) is 0.115. The van der Waals surface area contributed by atoms with Gasteiger partial charge >= 0.3 is 5.97 Å². The van der Waals surface area contributed by atoms with E-state index < -0.39 is 0 Å². The van der Waals surface area contributed by atoms with Gasteiger partial charge in [0.05, 0.1) is 12.8 Å². The van der Waals surface area contributed by atoms with Gasteiger partial charge in [0.15, 0.2) is 6.04 Å². The number of rotatable bonds is 7. The smallest absolute Gasteiger partial charge is 0.327 e. The third-order valence-electron chi connectivity index (χ3n) is 9.22. The molecule has 33 heavy (non-hydrogen) atoms. The summed E-state index contributed by atoms with van der Waals surface area (Å²) in [5.41, 5.74) is 6.63. The van der Waals surface area contributed by atoms with Crippen molar-refractivity contribution in [3.63, 3.8) is 0 Å². The van der Waals surface area contributed by atoms with Crippen LogP contribution >= 0.6 is 0 Å². The quantitative estimate of drug-likeness (QED) is 0.501. The lowest BCUT2D eigenvalue weighted by atomic mass is 9.78. The molecular weight excluding hydrogens is 414 g/mol. The molecule has 7 nitrogen and oxygen atoms in total. The number of fused-ring (bicyclic) bond motifs is 3. The second-order valence-electron chi connectivity index (χ2n) is 11.4. The Kier molecular flexibility index (Phi) is 8.24. The average Bonchev–Trinajstić information content (AvgIpc) is 3.29. The predicted molar refractivity (Wildman–Crippen MR) is 130 cm³/mol. The van der Waals surface area contributed by atoms with Gasteiger partial charge in [-0.15, -0.1) is 0 Å². The maximum atomic E-state index is 12.8. The Morgan fingerprint density at radius 1 is 0.879 bits per heavy atom. The van der Waals surface area contributed by atoms with Crippen LogP contribution < -0.4 is 16.3 Å². The largest absolute Gasteiger partial charge is 0.465 e. The van der Waals surface area contributed by atoms with Crippen LogP contribution in [-0.4, -0.2) is 60.0 Å². The molecule has 5 unspecified atom stereocenters. The van der Waals surface area contributed by atoms with Crippen molar-refractivity contribution in [3.05, 3.63) is 0 Å². The summed E-state index contributed by atoms with van der Waals surface area (Å²) < 4.78 is 5.43. The van der Waals surface area contributed by atoms with E-state index in [0.29, 0.717) is 24.7 Å². The van der Waals surface area contributed by atoms with Crippen LogP contribution in [0.15, 0.2) is 0 Å². The van der Waals surface area contributed by atoms with Crippen LogP contribution in [0.1, 0.15) is 96.8 Å². The van der Waals surface area contributed by atoms with E-state index in [4.69, 9.17) is 4.74 Å². The first-order valence-corrected chi connectivity index (χ1v) is 14.2. The molecule has 5 fully saturated rings. The summed E-state index contributed by atoms with van der Waals surface area (Å²) in [5, 5.41) is 6.33. The zero-order chi connectivity index (χ0) is 22.6. The normalized spacial score (nSPS) is 36.5. The number of nitrogens with one attached hydrogen (secondary N) is 3. The van der Waals surface area contributed by atoms with E-state index >= 15 is 0 Å². The van der Waals surface area contributed by atoms with Crippen molar-refractivity contribution in [2.45, 2.75) is 121 Å². The molecule has 0 spiro atoms. The van der Waals surface area contributed by atoms with Crippen molar-refractivity contribution < 1.29 is 9.53 Å². The van der Waals surface area contributed by atoms with E-state index in [-0.39, 0.29) is 18.2 Å². The third kappa shape index (κ3) is 5.43. The summed E-state index contributed by atoms with van der Waals surface area (Å²) in [6.07, 6.45) is 19.4. The number of hydrazine groups is 2. The molecule has 0 aromatic carbocycles. The fraction of sp³-hybridized carbons (Fsp3) is 0.962. The molecule has 0 radical (unpaired) electrons. The molecule has 5 atom stereocenters. The van der Waals surface area contributed by atoms with Crippen LogP contribution in [0, 0.1) is 17.8 Å². The number of carbonyl (C=O) groups excluding carboxylic acids is 1. The average molecular weight is 462 g/mol. The van der Waals surface area contributed by atoms with Crippen molar-refractivity contribution in [3.8, 4) is 0 Å². The molecule has 5 aliphatic rings. The molecule has 0 aromatic rings. The standard InChI is InChI=1S/C26H47N5O2/c1-2-33-26(32)23-25-27-24(21-15-9-10-16-22(21)31(25)29-28-23)30(17-19-11-5-3-6-12-19)18-20-13-7-4-8-14-20/h19-25,27-29H,2-18H2,1H3. The maximum Gasteiger partial charge on any atom is 0.327 e. The van der Waals surface area contributed by atoms with Crippen LogP contribution in [0.2, 0.25) is 0 Å². The molecule has 3 saturated carbocycles. The fourth-order valence-corrected chi connectivity index (χ4v) is 7.57. The highest BCUT2D eigenvalue weighted by Gasteiger charge is 2.52. The number of ether oxygens (including phenoxy) is 1. The van der Waals surface area contributed by atoms with Gasteiger partial charge in [0, 0.05) is 25.0 Å². The second-order valence-corrected chi connectivity index (χ2v) is 11.4. The van der Waals surface area contributed by atoms with Crippen LogP contribution in [0.4, 0.5) is 0 Å². The van der Waals surface area contributed by atoms with Crippen molar-refractivity contribution in [2.24, 2.45) is 17.8 Å². The third-order valence-corrected chi connectivity index (χ3v) is 9.22. The predicted octanol–water partition coefficient (Wildman–Crippen LogP) is 3.52. The minimum Gasteiger partial charge on any atom is -0.465 e. The van der Waals surface area contributed by atoms with Gasteiger partial charge in [-0.1, -0.05) is 51.4 Å². The Labute approximate surface area is 200 Å². The SMILES string of the molecule is CCOC(=O)C1NNN2C3CCCCC3C(N(CC3CCCCC3)CC3CCCCC3)NC12. The van der Waals surface area contributed by atoms with Gasteiger partial charge < -0.3 is 4.74 Å². The van der Waals surface area contributed by atoms with Crippen molar-refractivity contribution >= 4 is 5.97 Å². The number of hydrogen-bond acceptors (Lipinski definition) is 7. The first-order chi connectivity index (χ1) is 16.2. The molecule has 5 rings (SSSR count).